The first-order valence-corrected chi connectivity index (χ1v) is 9.02. The highest BCUT2D eigenvalue weighted by Crippen LogP contribution is 2.24. The smallest absolute Gasteiger partial charge is 0.303 e. The van der Waals surface area contributed by atoms with Crippen molar-refractivity contribution in [2.24, 2.45) is 5.92 Å². The lowest BCUT2D eigenvalue weighted by molar-refractivity contribution is -0.137. The Morgan fingerprint density at radius 3 is 2.71 bits per heavy atom. The summed E-state index contributed by atoms with van der Waals surface area (Å²) >= 11 is 1.79. The van der Waals surface area contributed by atoms with Crippen LogP contribution in [-0.2, 0) is 9.59 Å². The summed E-state index contributed by atoms with van der Waals surface area (Å²) in [7, 11) is 0. The largest absolute Gasteiger partial charge is 0.481 e. The van der Waals surface area contributed by atoms with E-state index in [1.807, 2.05) is 4.90 Å². The Balaban J connectivity index is 1.69. The van der Waals surface area contributed by atoms with Gasteiger partial charge in [0.15, 0.2) is 0 Å². The van der Waals surface area contributed by atoms with Gasteiger partial charge in [0.2, 0.25) is 5.91 Å². The first-order valence-electron chi connectivity index (χ1n) is 7.97. The fraction of sp³-hybridized carbons (Fsp3) is 0.867. The molecule has 0 spiro atoms. The Morgan fingerprint density at radius 2 is 2.00 bits per heavy atom. The highest BCUT2D eigenvalue weighted by molar-refractivity contribution is 8.00. The third-order valence-corrected chi connectivity index (χ3v) is 5.72. The number of piperidine rings is 2. The van der Waals surface area contributed by atoms with Crippen LogP contribution in [0.5, 0.6) is 0 Å². The number of rotatable bonds is 6. The molecule has 0 aliphatic carbocycles. The van der Waals surface area contributed by atoms with E-state index < -0.39 is 5.97 Å². The predicted molar refractivity (Wildman–Crippen MR) is 84.5 cm³/mol. The molecule has 6 heteroatoms. The first kappa shape index (κ1) is 16.6. The number of carboxylic acid groups (broad SMARTS) is 1. The molecule has 1 unspecified atom stereocenters. The highest BCUT2D eigenvalue weighted by Gasteiger charge is 2.24. The fourth-order valence-corrected chi connectivity index (χ4v) is 4.23. The zero-order chi connectivity index (χ0) is 15.1. The van der Waals surface area contributed by atoms with Crippen molar-refractivity contribution in [1.29, 1.82) is 0 Å². The van der Waals surface area contributed by atoms with Crippen LogP contribution < -0.4 is 5.32 Å². The molecule has 0 radical (unpaired) electrons. The van der Waals surface area contributed by atoms with Crippen LogP contribution in [0.1, 0.15) is 38.5 Å². The summed E-state index contributed by atoms with van der Waals surface area (Å²) in [5, 5.41) is 12.7. The number of hydrogen-bond acceptors (Lipinski definition) is 4. The van der Waals surface area contributed by atoms with Crippen molar-refractivity contribution < 1.29 is 14.7 Å². The molecule has 0 aromatic rings. The predicted octanol–water partition coefficient (Wildman–Crippen LogP) is 1.57. The second kappa shape index (κ2) is 8.63. The highest BCUT2D eigenvalue weighted by atomic mass is 32.2. The van der Waals surface area contributed by atoms with Crippen LogP contribution in [0.4, 0.5) is 0 Å². The van der Waals surface area contributed by atoms with Gasteiger partial charge in [0.25, 0.3) is 0 Å². The Labute approximate surface area is 130 Å². The van der Waals surface area contributed by atoms with E-state index in [0.29, 0.717) is 23.3 Å². The van der Waals surface area contributed by atoms with Crippen molar-refractivity contribution in [3.8, 4) is 0 Å². The van der Waals surface area contributed by atoms with Crippen LogP contribution in [0, 0.1) is 5.92 Å². The van der Waals surface area contributed by atoms with Crippen molar-refractivity contribution in [3.05, 3.63) is 0 Å². The lowest BCUT2D eigenvalue weighted by Gasteiger charge is -2.33. The molecule has 2 fully saturated rings. The summed E-state index contributed by atoms with van der Waals surface area (Å²) in [4.78, 5) is 24.9. The van der Waals surface area contributed by atoms with Gasteiger partial charge in [-0.15, -0.1) is 11.8 Å². The normalized spacial score (nSPS) is 24.0. The molecule has 1 atom stereocenters. The first-order chi connectivity index (χ1) is 10.1. The summed E-state index contributed by atoms with van der Waals surface area (Å²) in [6, 6.07) is 0. The Bertz CT molecular complexity index is 359. The molecule has 0 aromatic carbocycles. The van der Waals surface area contributed by atoms with Crippen LogP contribution in [-0.4, -0.2) is 59.1 Å². The maximum absolute atomic E-state index is 12.3. The van der Waals surface area contributed by atoms with Crippen molar-refractivity contribution in [2.45, 2.75) is 43.8 Å². The standard InChI is InChI=1S/C15H26N2O3S/c18-14(11-21-13-5-7-16-8-6-13)17-9-1-2-12(10-17)3-4-15(19)20/h12-13,16H,1-11H2,(H,19,20). The summed E-state index contributed by atoms with van der Waals surface area (Å²) < 4.78 is 0. The molecular formula is C15H26N2O3S. The van der Waals surface area contributed by atoms with E-state index in [0.717, 1.165) is 51.9 Å². The van der Waals surface area contributed by atoms with E-state index >= 15 is 0 Å². The number of aliphatic carboxylic acids is 1. The molecule has 1 amide bonds. The second-order valence-electron chi connectivity index (χ2n) is 6.04. The van der Waals surface area contributed by atoms with E-state index in [2.05, 4.69) is 5.32 Å². The average Bonchev–Trinajstić information content (AvgIpc) is 2.52. The quantitative estimate of drug-likeness (QED) is 0.779. The van der Waals surface area contributed by atoms with E-state index in [1.165, 1.54) is 0 Å². The molecule has 21 heavy (non-hydrogen) atoms. The number of likely N-dealkylation sites (tertiary alicyclic amines) is 1. The summed E-state index contributed by atoms with van der Waals surface area (Å²) in [6.07, 6.45) is 5.28. The van der Waals surface area contributed by atoms with Gasteiger partial charge >= 0.3 is 5.97 Å². The van der Waals surface area contributed by atoms with Gasteiger partial charge in [-0.3, -0.25) is 9.59 Å². The second-order valence-corrected chi connectivity index (χ2v) is 7.33. The lowest BCUT2D eigenvalue weighted by atomic mass is 9.93. The molecule has 2 aliphatic heterocycles. The van der Waals surface area contributed by atoms with Crippen LogP contribution in [0.25, 0.3) is 0 Å². The minimum Gasteiger partial charge on any atom is -0.481 e. The van der Waals surface area contributed by atoms with Gasteiger partial charge in [0, 0.05) is 24.8 Å². The van der Waals surface area contributed by atoms with E-state index in [1.54, 1.807) is 11.8 Å². The van der Waals surface area contributed by atoms with E-state index in [4.69, 9.17) is 5.11 Å². The zero-order valence-electron chi connectivity index (χ0n) is 12.6. The molecule has 120 valence electrons. The van der Waals surface area contributed by atoms with Gasteiger partial charge in [0.05, 0.1) is 5.75 Å². The monoisotopic (exact) mass is 314 g/mol. The number of nitrogens with zero attached hydrogens (tertiary/aromatic N) is 1. The van der Waals surface area contributed by atoms with Crippen LogP contribution in [0.15, 0.2) is 0 Å². The maximum atomic E-state index is 12.3. The molecule has 2 aliphatic rings. The van der Waals surface area contributed by atoms with Crippen LogP contribution in [0.2, 0.25) is 0 Å². The van der Waals surface area contributed by atoms with Gasteiger partial charge in [-0.25, -0.2) is 0 Å². The number of carboxylic acids is 1. The topological polar surface area (TPSA) is 69.6 Å². The molecular weight excluding hydrogens is 288 g/mol. The van der Waals surface area contributed by atoms with E-state index in [-0.39, 0.29) is 12.3 Å². The Hall–Kier alpha value is -0.750. The fourth-order valence-electron chi connectivity index (χ4n) is 3.10. The van der Waals surface area contributed by atoms with Crippen molar-refractivity contribution in [2.75, 3.05) is 31.9 Å². The number of nitrogens with one attached hydrogen (secondary N) is 1. The van der Waals surface area contributed by atoms with Gasteiger partial charge in [-0.1, -0.05) is 0 Å². The zero-order valence-corrected chi connectivity index (χ0v) is 13.4. The maximum Gasteiger partial charge on any atom is 0.303 e. The molecule has 0 aromatic heterocycles. The number of carbonyl (C=O) groups is 2. The van der Waals surface area contributed by atoms with Gasteiger partial charge < -0.3 is 15.3 Å². The van der Waals surface area contributed by atoms with Gasteiger partial charge in [-0.05, 0) is 51.1 Å². The summed E-state index contributed by atoms with van der Waals surface area (Å²) in [5.74, 6) is 0.442. The van der Waals surface area contributed by atoms with E-state index in [9.17, 15) is 9.59 Å². The lowest BCUT2D eigenvalue weighted by Crippen LogP contribution is -2.41. The van der Waals surface area contributed by atoms with Crippen molar-refractivity contribution in [3.63, 3.8) is 0 Å². The minimum atomic E-state index is -0.736. The molecule has 2 N–H and O–H groups in total. The summed E-state index contributed by atoms with van der Waals surface area (Å²) in [5.41, 5.74) is 0. The van der Waals surface area contributed by atoms with Gasteiger partial charge in [0.1, 0.15) is 0 Å². The third-order valence-electron chi connectivity index (χ3n) is 4.37. The molecule has 0 saturated carbocycles. The minimum absolute atomic E-state index is 0.219. The van der Waals surface area contributed by atoms with Gasteiger partial charge in [-0.2, -0.15) is 0 Å². The number of carbonyl (C=O) groups excluding carboxylic acids is 1. The van der Waals surface area contributed by atoms with Crippen LogP contribution in [0.3, 0.4) is 0 Å². The summed E-state index contributed by atoms with van der Waals surface area (Å²) in [6.45, 7) is 3.72. The number of amides is 1. The molecule has 2 saturated heterocycles. The molecule has 0 bridgehead atoms. The molecule has 2 rings (SSSR count). The number of thioether (sulfide) groups is 1. The van der Waals surface area contributed by atoms with Crippen molar-refractivity contribution in [1.82, 2.24) is 10.2 Å². The Morgan fingerprint density at radius 1 is 1.24 bits per heavy atom. The third kappa shape index (κ3) is 5.87. The van der Waals surface area contributed by atoms with Crippen molar-refractivity contribution >= 4 is 23.6 Å². The number of hydrogen-bond donors (Lipinski definition) is 2. The van der Waals surface area contributed by atoms with Crippen LogP contribution >= 0.6 is 11.8 Å². The SMILES string of the molecule is O=C(O)CCC1CCCN(C(=O)CSC2CCNCC2)C1. The Kier molecular flexibility index (Phi) is 6.83. The molecule has 5 nitrogen and oxygen atoms in total. The average molecular weight is 314 g/mol. The molecule has 2 heterocycles.